The first kappa shape index (κ1) is 23.9. The third-order valence-electron chi connectivity index (χ3n) is 4.40. The van der Waals surface area contributed by atoms with Crippen molar-refractivity contribution in [1.29, 1.82) is 0 Å². The van der Waals surface area contributed by atoms with E-state index in [1.54, 1.807) is 10.5 Å². The van der Waals surface area contributed by atoms with Crippen LogP contribution in [-0.2, 0) is 26.2 Å². The first-order valence-electron chi connectivity index (χ1n) is 8.91. The Bertz CT molecular complexity index is 784. The summed E-state index contributed by atoms with van der Waals surface area (Å²) in [5.41, 5.74) is 0.939. The fraction of sp³-hybridized carbons (Fsp3) is 0.647. The smallest absolute Gasteiger partial charge is 0.475 e. The van der Waals surface area contributed by atoms with Gasteiger partial charge in [0.1, 0.15) is 0 Å². The van der Waals surface area contributed by atoms with Crippen molar-refractivity contribution in [2.75, 3.05) is 24.6 Å². The lowest BCUT2D eigenvalue weighted by Crippen LogP contribution is -2.61. The second kappa shape index (κ2) is 9.63. The highest BCUT2D eigenvalue weighted by atomic mass is 32.2. The van der Waals surface area contributed by atoms with Crippen LogP contribution < -0.4 is 0 Å². The van der Waals surface area contributed by atoms with E-state index in [1.807, 2.05) is 36.9 Å². The number of halogens is 3. The number of carboxylic acids is 1. The number of pyridine rings is 1. The molecule has 1 aromatic heterocycles. The Kier molecular flexibility index (Phi) is 7.93. The molecule has 29 heavy (non-hydrogen) atoms. The van der Waals surface area contributed by atoms with E-state index in [2.05, 4.69) is 4.98 Å². The van der Waals surface area contributed by atoms with Crippen LogP contribution in [-0.4, -0.2) is 70.4 Å². The van der Waals surface area contributed by atoms with Crippen LogP contribution in [0.25, 0.3) is 0 Å². The molecule has 3 heterocycles. The third kappa shape index (κ3) is 6.83. The summed E-state index contributed by atoms with van der Waals surface area (Å²) in [5.74, 6) is -1.56. The molecule has 2 aliphatic heterocycles. The van der Waals surface area contributed by atoms with Crippen LogP contribution in [0.4, 0.5) is 13.2 Å². The standard InChI is InChI=1S/C15H22N2O3S2.C2HF3O2/c1-2-7-22(18,19)17-11-15(12-17)8-14(10-21-15)20-9-13-5-3-4-6-16-13;3-2(4,5)1(6)7/h3-6,14H,2,7-12H2,1H3;(H,6,7). The summed E-state index contributed by atoms with van der Waals surface area (Å²) in [5, 5.41) is 7.12. The summed E-state index contributed by atoms with van der Waals surface area (Å²) in [6.07, 6.45) is -1.51. The number of ether oxygens (including phenoxy) is 1. The summed E-state index contributed by atoms with van der Waals surface area (Å²) in [6, 6.07) is 5.81. The number of carboxylic acid groups (broad SMARTS) is 1. The second-order valence-corrected chi connectivity index (χ2v) is 10.4. The normalized spacial score (nSPS) is 21.3. The minimum absolute atomic E-state index is 0.0790. The van der Waals surface area contributed by atoms with Crippen LogP contribution in [0.5, 0.6) is 0 Å². The molecule has 1 unspecified atom stereocenters. The number of aliphatic carboxylic acids is 1. The SMILES string of the molecule is CCCS(=O)(=O)N1CC2(CC(OCc3ccccn3)CS2)C1.O=C(O)C(F)(F)F. The van der Waals surface area contributed by atoms with Crippen molar-refractivity contribution in [3.05, 3.63) is 30.1 Å². The fourth-order valence-electron chi connectivity index (χ4n) is 3.00. The molecular weight excluding hydrogens is 433 g/mol. The first-order valence-corrected chi connectivity index (χ1v) is 11.5. The molecule has 0 amide bonds. The Hall–Kier alpha value is -1.37. The number of hydrogen-bond donors (Lipinski definition) is 1. The number of nitrogens with zero attached hydrogens (tertiary/aromatic N) is 2. The van der Waals surface area contributed by atoms with Crippen molar-refractivity contribution in [2.24, 2.45) is 0 Å². The van der Waals surface area contributed by atoms with Gasteiger partial charge in [-0.05, 0) is 25.0 Å². The maximum atomic E-state index is 12.0. The van der Waals surface area contributed by atoms with E-state index in [0.29, 0.717) is 26.1 Å². The highest BCUT2D eigenvalue weighted by molar-refractivity contribution is 8.01. The summed E-state index contributed by atoms with van der Waals surface area (Å²) in [4.78, 5) is 13.2. The largest absolute Gasteiger partial charge is 0.490 e. The Balaban J connectivity index is 0.000000370. The van der Waals surface area contributed by atoms with E-state index >= 15 is 0 Å². The Morgan fingerprint density at radius 3 is 2.59 bits per heavy atom. The zero-order valence-electron chi connectivity index (χ0n) is 15.8. The molecule has 0 radical (unpaired) electrons. The number of aromatic nitrogens is 1. The van der Waals surface area contributed by atoms with E-state index in [-0.39, 0.29) is 16.6 Å². The van der Waals surface area contributed by atoms with Crippen molar-refractivity contribution in [3.8, 4) is 0 Å². The van der Waals surface area contributed by atoms with E-state index in [0.717, 1.165) is 17.9 Å². The van der Waals surface area contributed by atoms with Gasteiger partial charge in [0, 0.05) is 29.8 Å². The predicted octanol–water partition coefficient (Wildman–Crippen LogP) is 2.53. The summed E-state index contributed by atoms with van der Waals surface area (Å²) < 4.78 is 63.4. The number of sulfonamides is 1. The summed E-state index contributed by atoms with van der Waals surface area (Å²) >= 11 is 1.86. The molecule has 2 saturated heterocycles. The molecule has 164 valence electrons. The molecule has 0 saturated carbocycles. The Morgan fingerprint density at radius 2 is 2.07 bits per heavy atom. The van der Waals surface area contributed by atoms with Crippen LogP contribution in [0.2, 0.25) is 0 Å². The van der Waals surface area contributed by atoms with Gasteiger partial charge < -0.3 is 9.84 Å². The first-order chi connectivity index (χ1) is 13.5. The quantitative estimate of drug-likeness (QED) is 0.703. The minimum atomic E-state index is -5.08. The lowest BCUT2D eigenvalue weighted by atomic mass is 9.95. The van der Waals surface area contributed by atoms with Gasteiger partial charge in [0.15, 0.2) is 0 Å². The van der Waals surface area contributed by atoms with Gasteiger partial charge >= 0.3 is 12.1 Å². The van der Waals surface area contributed by atoms with Gasteiger partial charge in [-0.3, -0.25) is 4.98 Å². The van der Waals surface area contributed by atoms with Gasteiger partial charge in [0.05, 0.1) is 24.2 Å². The minimum Gasteiger partial charge on any atom is -0.475 e. The van der Waals surface area contributed by atoms with Crippen molar-refractivity contribution in [3.63, 3.8) is 0 Å². The number of alkyl halides is 3. The predicted molar refractivity (Wildman–Crippen MR) is 102 cm³/mol. The van der Waals surface area contributed by atoms with E-state index in [4.69, 9.17) is 14.6 Å². The van der Waals surface area contributed by atoms with E-state index < -0.39 is 22.2 Å². The monoisotopic (exact) mass is 456 g/mol. The molecule has 1 aromatic rings. The van der Waals surface area contributed by atoms with Crippen LogP contribution in [0.1, 0.15) is 25.5 Å². The van der Waals surface area contributed by atoms with E-state index in [9.17, 15) is 21.6 Å². The lowest BCUT2D eigenvalue weighted by molar-refractivity contribution is -0.192. The van der Waals surface area contributed by atoms with Gasteiger partial charge in [-0.1, -0.05) is 13.0 Å². The number of thioether (sulfide) groups is 1. The molecular formula is C17H23F3N2O5S2. The van der Waals surface area contributed by atoms with Crippen LogP contribution in [0.3, 0.4) is 0 Å². The number of rotatable bonds is 6. The molecule has 1 N–H and O–H groups in total. The van der Waals surface area contributed by atoms with Gasteiger partial charge in [0.25, 0.3) is 0 Å². The van der Waals surface area contributed by atoms with Crippen molar-refractivity contribution < 1.29 is 36.2 Å². The number of carbonyl (C=O) groups is 1. The topological polar surface area (TPSA) is 96.8 Å². The number of hydrogen-bond acceptors (Lipinski definition) is 6. The molecule has 7 nitrogen and oxygen atoms in total. The zero-order valence-corrected chi connectivity index (χ0v) is 17.4. The third-order valence-corrected chi connectivity index (χ3v) is 7.94. The molecule has 12 heteroatoms. The maximum Gasteiger partial charge on any atom is 0.490 e. The van der Waals surface area contributed by atoms with Crippen molar-refractivity contribution in [2.45, 2.75) is 43.4 Å². The molecule has 1 atom stereocenters. The Morgan fingerprint density at radius 1 is 1.41 bits per heavy atom. The van der Waals surface area contributed by atoms with Crippen molar-refractivity contribution in [1.82, 2.24) is 9.29 Å². The molecule has 3 rings (SSSR count). The van der Waals surface area contributed by atoms with Gasteiger partial charge in [0.2, 0.25) is 10.0 Å². The molecule has 0 aliphatic carbocycles. The van der Waals surface area contributed by atoms with E-state index in [1.165, 1.54) is 0 Å². The van der Waals surface area contributed by atoms with Crippen LogP contribution in [0.15, 0.2) is 24.4 Å². The van der Waals surface area contributed by atoms with Gasteiger partial charge in [-0.25, -0.2) is 13.2 Å². The summed E-state index contributed by atoms with van der Waals surface area (Å²) in [6.45, 7) is 3.71. The lowest BCUT2D eigenvalue weighted by Gasteiger charge is -2.46. The average Bonchev–Trinajstić information content (AvgIpc) is 3.04. The zero-order chi connectivity index (χ0) is 21.7. The van der Waals surface area contributed by atoms with Crippen LogP contribution in [0, 0.1) is 0 Å². The molecule has 2 fully saturated rings. The fourth-order valence-corrected chi connectivity index (χ4v) is 6.37. The maximum absolute atomic E-state index is 12.0. The Labute approximate surface area is 171 Å². The van der Waals surface area contributed by atoms with Gasteiger partial charge in [-0.15, -0.1) is 11.8 Å². The molecule has 2 aliphatic rings. The summed E-state index contributed by atoms with van der Waals surface area (Å²) in [7, 11) is -3.04. The highest BCUT2D eigenvalue weighted by Gasteiger charge is 2.52. The molecule has 1 spiro atoms. The highest BCUT2D eigenvalue weighted by Crippen LogP contribution is 2.47. The van der Waals surface area contributed by atoms with Gasteiger partial charge in [-0.2, -0.15) is 17.5 Å². The second-order valence-electron chi connectivity index (χ2n) is 6.84. The average molecular weight is 457 g/mol. The van der Waals surface area contributed by atoms with Crippen molar-refractivity contribution >= 4 is 27.8 Å². The molecule has 0 bridgehead atoms. The molecule has 0 aromatic carbocycles. The van der Waals surface area contributed by atoms with Crippen LogP contribution >= 0.6 is 11.8 Å².